The summed E-state index contributed by atoms with van der Waals surface area (Å²) in [6.45, 7) is 10.9. The van der Waals surface area contributed by atoms with Crippen LogP contribution in [0.4, 0.5) is 4.39 Å². The van der Waals surface area contributed by atoms with Crippen LogP contribution in [0.5, 0.6) is 0 Å². The largest absolute Gasteiger partial charge is 0.309 e. The van der Waals surface area contributed by atoms with Gasteiger partial charge in [-0.2, -0.15) is 0 Å². The zero-order valence-corrected chi connectivity index (χ0v) is 12.4. The fraction of sp³-hybridized carbons (Fsp3) is 0.625. The van der Waals surface area contributed by atoms with E-state index in [1.165, 1.54) is 6.07 Å². The molecule has 1 aromatic carbocycles. The quantitative estimate of drug-likeness (QED) is 0.900. The molecule has 0 spiro atoms. The molecule has 0 aliphatic carbocycles. The minimum atomic E-state index is -0.148. The van der Waals surface area contributed by atoms with Gasteiger partial charge in [0.1, 0.15) is 5.82 Å². The molecule has 0 aromatic heterocycles. The van der Waals surface area contributed by atoms with E-state index in [9.17, 15) is 4.39 Å². The maximum atomic E-state index is 13.4. The van der Waals surface area contributed by atoms with Crippen molar-refractivity contribution in [3.8, 4) is 0 Å². The Kier molecular flexibility index (Phi) is 4.26. The van der Waals surface area contributed by atoms with Gasteiger partial charge in [0.2, 0.25) is 0 Å². The van der Waals surface area contributed by atoms with Crippen molar-refractivity contribution in [2.75, 3.05) is 13.1 Å². The summed E-state index contributed by atoms with van der Waals surface area (Å²) in [7, 11) is 0. The summed E-state index contributed by atoms with van der Waals surface area (Å²) in [5.74, 6) is -0.148. The highest BCUT2D eigenvalue weighted by Crippen LogP contribution is 2.28. The van der Waals surface area contributed by atoms with Gasteiger partial charge in [-0.25, -0.2) is 4.39 Å². The molecule has 1 aliphatic rings. The summed E-state index contributed by atoms with van der Waals surface area (Å²) in [6, 6.07) is 7.70. The maximum Gasteiger partial charge on any atom is 0.123 e. The van der Waals surface area contributed by atoms with Crippen molar-refractivity contribution in [3.05, 3.63) is 35.6 Å². The fourth-order valence-corrected chi connectivity index (χ4v) is 2.84. The van der Waals surface area contributed by atoms with Crippen LogP contribution in [0.2, 0.25) is 0 Å². The van der Waals surface area contributed by atoms with Gasteiger partial charge in [-0.3, -0.25) is 4.90 Å². The maximum absolute atomic E-state index is 13.4. The van der Waals surface area contributed by atoms with E-state index in [0.29, 0.717) is 6.04 Å². The van der Waals surface area contributed by atoms with Crippen molar-refractivity contribution in [1.29, 1.82) is 0 Å². The number of benzene rings is 1. The number of nitrogens with one attached hydrogen (secondary N) is 1. The Morgan fingerprint density at radius 3 is 2.89 bits per heavy atom. The van der Waals surface area contributed by atoms with Gasteiger partial charge in [0.05, 0.1) is 0 Å². The van der Waals surface area contributed by atoms with Gasteiger partial charge in [0, 0.05) is 30.7 Å². The summed E-state index contributed by atoms with van der Waals surface area (Å²) in [4.78, 5) is 2.48. The van der Waals surface area contributed by atoms with Crippen molar-refractivity contribution in [1.82, 2.24) is 10.2 Å². The topological polar surface area (TPSA) is 15.3 Å². The summed E-state index contributed by atoms with van der Waals surface area (Å²) in [5, 5.41) is 3.63. The summed E-state index contributed by atoms with van der Waals surface area (Å²) in [5.41, 5.74) is 1.22. The molecule has 2 rings (SSSR count). The molecule has 1 aromatic rings. The normalized spacial score (nSPS) is 30.3. The molecule has 1 fully saturated rings. The Morgan fingerprint density at radius 2 is 2.26 bits per heavy atom. The van der Waals surface area contributed by atoms with Gasteiger partial charge in [-0.05, 0) is 44.9 Å². The third-order valence-corrected chi connectivity index (χ3v) is 4.53. The van der Waals surface area contributed by atoms with Crippen LogP contribution in [0.15, 0.2) is 24.3 Å². The number of halogens is 1. The molecule has 2 nitrogen and oxygen atoms in total. The average molecular weight is 264 g/mol. The van der Waals surface area contributed by atoms with Gasteiger partial charge in [0.25, 0.3) is 0 Å². The van der Waals surface area contributed by atoms with Crippen LogP contribution in [0, 0.1) is 5.82 Å². The summed E-state index contributed by atoms with van der Waals surface area (Å²) >= 11 is 0. The van der Waals surface area contributed by atoms with Crippen LogP contribution >= 0.6 is 0 Å². The van der Waals surface area contributed by atoms with Crippen molar-refractivity contribution in [2.45, 2.75) is 51.7 Å². The molecule has 0 radical (unpaired) electrons. The number of nitrogens with zero attached hydrogens (tertiary/aromatic N) is 1. The Balaban J connectivity index is 2.19. The molecule has 3 unspecified atom stereocenters. The average Bonchev–Trinajstić information content (AvgIpc) is 2.41. The molecule has 106 valence electrons. The van der Waals surface area contributed by atoms with Crippen LogP contribution in [0.25, 0.3) is 0 Å². The first kappa shape index (κ1) is 14.5. The predicted octanol–water partition coefficient (Wildman–Crippen LogP) is 3.35. The van der Waals surface area contributed by atoms with E-state index >= 15 is 0 Å². The summed E-state index contributed by atoms with van der Waals surface area (Å²) < 4.78 is 13.4. The monoisotopic (exact) mass is 264 g/mol. The Hall–Kier alpha value is -0.930. The van der Waals surface area contributed by atoms with Crippen LogP contribution in [-0.2, 0) is 0 Å². The van der Waals surface area contributed by atoms with E-state index < -0.39 is 0 Å². The Morgan fingerprint density at radius 1 is 1.53 bits per heavy atom. The SMILES string of the molecule is CCC1(C)CN(C(C)c2cccc(F)c2)C(C)CN1. The first-order chi connectivity index (χ1) is 8.95. The molecule has 1 aliphatic heterocycles. The molecular formula is C16H25FN2. The van der Waals surface area contributed by atoms with Gasteiger partial charge in [0.15, 0.2) is 0 Å². The molecule has 0 bridgehead atoms. The van der Waals surface area contributed by atoms with Gasteiger partial charge in [-0.15, -0.1) is 0 Å². The third kappa shape index (κ3) is 3.15. The van der Waals surface area contributed by atoms with Crippen molar-refractivity contribution < 1.29 is 4.39 Å². The van der Waals surface area contributed by atoms with Crippen LogP contribution in [0.1, 0.15) is 45.7 Å². The standard InChI is InChI=1S/C16H25FN2/c1-5-16(4)11-19(12(2)10-18-16)13(3)14-7-6-8-15(17)9-14/h6-9,12-13,18H,5,10-11H2,1-4H3. The first-order valence-corrected chi connectivity index (χ1v) is 7.21. The molecule has 19 heavy (non-hydrogen) atoms. The highest BCUT2D eigenvalue weighted by atomic mass is 19.1. The predicted molar refractivity (Wildman–Crippen MR) is 77.7 cm³/mol. The third-order valence-electron chi connectivity index (χ3n) is 4.53. The van der Waals surface area contributed by atoms with Gasteiger partial charge < -0.3 is 5.32 Å². The highest BCUT2D eigenvalue weighted by molar-refractivity contribution is 5.20. The second kappa shape index (κ2) is 5.59. The number of hydrogen-bond acceptors (Lipinski definition) is 2. The van der Waals surface area contributed by atoms with E-state index in [4.69, 9.17) is 0 Å². The smallest absolute Gasteiger partial charge is 0.123 e. The van der Waals surface area contributed by atoms with E-state index in [1.54, 1.807) is 12.1 Å². The molecular weight excluding hydrogens is 239 g/mol. The van der Waals surface area contributed by atoms with Crippen molar-refractivity contribution >= 4 is 0 Å². The second-order valence-electron chi connectivity index (χ2n) is 6.05. The van der Waals surface area contributed by atoms with Gasteiger partial charge >= 0.3 is 0 Å². The van der Waals surface area contributed by atoms with Crippen LogP contribution in [0.3, 0.4) is 0 Å². The second-order valence-corrected chi connectivity index (χ2v) is 6.05. The lowest BCUT2D eigenvalue weighted by Gasteiger charge is -2.47. The highest BCUT2D eigenvalue weighted by Gasteiger charge is 2.35. The van der Waals surface area contributed by atoms with Crippen molar-refractivity contribution in [2.24, 2.45) is 0 Å². The van der Waals surface area contributed by atoms with Crippen LogP contribution < -0.4 is 5.32 Å². The number of piperazine rings is 1. The van der Waals surface area contributed by atoms with E-state index in [-0.39, 0.29) is 17.4 Å². The van der Waals surface area contributed by atoms with Gasteiger partial charge in [-0.1, -0.05) is 19.1 Å². The lowest BCUT2D eigenvalue weighted by atomic mass is 9.91. The molecule has 1 N–H and O–H groups in total. The fourth-order valence-electron chi connectivity index (χ4n) is 2.84. The molecule has 3 heteroatoms. The Labute approximate surface area is 116 Å². The minimum Gasteiger partial charge on any atom is -0.309 e. The van der Waals surface area contributed by atoms with Crippen molar-refractivity contribution in [3.63, 3.8) is 0 Å². The zero-order valence-electron chi connectivity index (χ0n) is 12.4. The van der Waals surface area contributed by atoms with E-state index in [0.717, 1.165) is 25.1 Å². The lowest BCUT2D eigenvalue weighted by Crippen LogP contribution is -2.62. The molecule has 1 heterocycles. The number of rotatable bonds is 3. The molecule has 3 atom stereocenters. The zero-order chi connectivity index (χ0) is 14.0. The minimum absolute atomic E-state index is 0.148. The van der Waals surface area contributed by atoms with E-state index in [2.05, 4.69) is 37.9 Å². The molecule has 1 saturated heterocycles. The summed E-state index contributed by atoms with van der Waals surface area (Å²) in [6.07, 6.45) is 1.10. The molecule has 0 saturated carbocycles. The molecule has 0 amide bonds. The van der Waals surface area contributed by atoms with Crippen LogP contribution in [-0.4, -0.2) is 29.6 Å². The van der Waals surface area contributed by atoms with E-state index in [1.807, 2.05) is 6.07 Å². The lowest BCUT2D eigenvalue weighted by molar-refractivity contribution is 0.0596. The number of hydrogen-bond donors (Lipinski definition) is 1. The Bertz CT molecular complexity index is 435. The first-order valence-electron chi connectivity index (χ1n) is 7.21.